The van der Waals surface area contributed by atoms with Crippen LogP contribution in [-0.4, -0.2) is 53.5 Å². The van der Waals surface area contributed by atoms with Crippen molar-refractivity contribution in [1.29, 1.82) is 0 Å². The molecule has 0 saturated heterocycles. The quantitative estimate of drug-likeness (QED) is 0.152. The SMILES string of the molecule is CN=C(NCc1ccc(OC)c(C(=O)OC)c1)NCc1ccc(C)cc1OCCOC.I. The molecule has 0 fully saturated rings. The summed E-state index contributed by atoms with van der Waals surface area (Å²) in [5, 5.41) is 6.53. The Balaban J connectivity index is 0.00000512. The number of aliphatic imine (C=N–C) groups is 1. The molecule has 0 aliphatic rings. The van der Waals surface area contributed by atoms with Crippen LogP contribution in [0, 0.1) is 6.92 Å². The molecule has 2 aromatic rings. The van der Waals surface area contributed by atoms with Crippen LogP contribution in [0.2, 0.25) is 0 Å². The molecule has 9 heteroatoms. The van der Waals surface area contributed by atoms with Crippen molar-refractivity contribution >= 4 is 35.9 Å². The van der Waals surface area contributed by atoms with Gasteiger partial charge in [-0.25, -0.2) is 4.79 Å². The van der Waals surface area contributed by atoms with Crippen molar-refractivity contribution in [3.05, 3.63) is 58.7 Å². The van der Waals surface area contributed by atoms with E-state index in [1.54, 1.807) is 26.3 Å². The third-order valence-electron chi connectivity index (χ3n) is 4.57. The van der Waals surface area contributed by atoms with E-state index in [1.807, 2.05) is 31.2 Å². The second-order valence-electron chi connectivity index (χ2n) is 6.76. The number of esters is 1. The molecule has 176 valence electrons. The highest BCUT2D eigenvalue weighted by atomic mass is 127. The first-order chi connectivity index (χ1) is 15.0. The topological polar surface area (TPSA) is 90.4 Å². The van der Waals surface area contributed by atoms with Gasteiger partial charge in [-0.2, -0.15) is 0 Å². The van der Waals surface area contributed by atoms with E-state index in [1.165, 1.54) is 14.2 Å². The molecule has 0 spiro atoms. The van der Waals surface area contributed by atoms with Crippen LogP contribution < -0.4 is 20.1 Å². The van der Waals surface area contributed by atoms with Gasteiger partial charge in [0, 0.05) is 32.8 Å². The number of rotatable bonds is 10. The predicted octanol–water partition coefficient (Wildman–Crippen LogP) is 3.30. The summed E-state index contributed by atoms with van der Waals surface area (Å²) >= 11 is 0. The molecule has 0 aromatic heterocycles. The summed E-state index contributed by atoms with van der Waals surface area (Å²) in [4.78, 5) is 16.2. The van der Waals surface area contributed by atoms with Crippen LogP contribution >= 0.6 is 24.0 Å². The van der Waals surface area contributed by atoms with E-state index in [9.17, 15) is 4.79 Å². The average Bonchev–Trinajstić information content (AvgIpc) is 2.79. The Labute approximate surface area is 206 Å². The van der Waals surface area contributed by atoms with E-state index < -0.39 is 5.97 Å². The standard InChI is InChI=1S/C23H31N3O5.HI/c1-16-6-8-18(21(12-16)31-11-10-28-3)15-26-23(24-2)25-14-17-7-9-20(29-4)19(13-17)22(27)30-5;/h6-9,12-13H,10-11,14-15H2,1-5H3,(H2,24,25,26);1H. The minimum atomic E-state index is -0.443. The number of nitrogens with zero attached hydrogens (tertiary/aromatic N) is 1. The fourth-order valence-corrected chi connectivity index (χ4v) is 2.90. The Morgan fingerprint density at radius 1 is 0.969 bits per heavy atom. The molecule has 0 radical (unpaired) electrons. The van der Waals surface area contributed by atoms with E-state index in [-0.39, 0.29) is 24.0 Å². The lowest BCUT2D eigenvalue weighted by Gasteiger charge is -2.16. The number of carbonyl (C=O) groups is 1. The third kappa shape index (κ3) is 8.19. The fourth-order valence-electron chi connectivity index (χ4n) is 2.90. The molecule has 0 heterocycles. The molecule has 2 rings (SSSR count). The fraction of sp³-hybridized carbons (Fsp3) is 0.391. The molecule has 0 unspecified atom stereocenters. The highest BCUT2D eigenvalue weighted by Gasteiger charge is 2.13. The summed E-state index contributed by atoms with van der Waals surface area (Å²) in [5.74, 6) is 1.47. The maximum atomic E-state index is 12.0. The zero-order valence-corrected chi connectivity index (χ0v) is 21.5. The van der Waals surface area contributed by atoms with Crippen LogP contribution in [0.5, 0.6) is 11.5 Å². The van der Waals surface area contributed by atoms with Crippen molar-refractivity contribution in [3.63, 3.8) is 0 Å². The number of halogens is 1. The molecule has 0 aliphatic heterocycles. The van der Waals surface area contributed by atoms with E-state index in [2.05, 4.69) is 15.6 Å². The zero-order chi connectivity index (χ0) is 22.6. The van der Waals surface area contributed by atoms with Crippen LogP contribution in [0.1, 0.15) is 27.0 Å². The highest BCUT2D eigenvalue weighted by Crippen LogP contribution is 2.21. The Kier molecular flexibility index (Phi) is 12.5. The van der Waals surface area contributed by atoms with Crippen molar-refractivity contribution in [2.24, 2.45) is 4.99 Å². The molecular weight excluding hydrogens is 525 g/mol. The number of guanidine groups is 1. The van der Waals surface area contributed by atoms with Gasteiger partial charge >= 0.3 is 5.97 Å². The Morgan fingerprint density at radius 3 is 2.38 bits per heavy atom. The van der Waals surface area contributed by atoms with Crippen molar-refractivity contribution in [3.8, 4) is 11.5 Å². The first-order valence-electron chi connectivity index (χ1n) is 9.93. The van der Waals surface area contributed by atoms with E-state index in [4.69, 9.17) is 18.9 Å². The maximum absolute atomic E-state index is 12.0. The normalized spacial score (nSPS) is 10.7. The van der Waals surface area contributed by atoms with Gasteiger partial charge in [-0.15, -0.1) is 24.0 Å². The predicted molar refractivity (Wildman–Crippen MR) is 135 cm³/mol. The van der Waals surface area contributed by atoms with E-state index >= 15 is 0 Å². The van der Waals surface area contributed by atoms with Gasteiger partial charge in [0.05, 0.1) is 20.8 Å². The highest BCUT2D eigenvalue weighted by molar-refractivity contribution is 14.0. The van der Waals surface area contributed by atoms with E-state index in [0.29, 0.717) is 43.6 Å². The average molecular weight is 557 g/mol. The van der Waals surface area contributed by atoms with Gasteiger partial charge in [0.15, 0.2) is 5.96 Å². The number of methoxy groups -OCH3 is 3. The number of hydrogen-bond acceptors (Lipinski definition) is 6. The second kappa shape index (κ2) is 14.5. The van der Waals surface area contributed by atoms with Crippen molar-refractivity contribution in [2.45, 2.75) is 20.0 Å². The smallest absolute Gasteiger partial charge is 0.341 e. The molecule has 0 saturated carbocycles. The van der Waals surface area contributed by atoms with Gasteiger partial charge in [-0.05, 0) is 36.2 Å². The van der Waals surface area contributed by atoms with Gasteiger partial charge in [-0.3, -0.25) is 4.99 Å². The molecule has 32 heavy (non-hydrogen) atoms. The Bertz CT molecular complexity index is 905. The van der Waals surface area contributed by atoms with Gasteiger partial charge < -0.3 is 29.6 Å². The lowest BCUT2D eigenvalue weighted by molar-refractivity contribution is 0.0597. The summed E-state index contributed by atoms with van der Waals surface area (Å²) in [5.41, 5.74) is 3.41. The van der Waals surface area contributed by atoms with Crippen LogP contribution in [0.15, 0.2) is 41.4 Å². The summed E-state index contributed by atoms with van der Waals surface area (Å²) in [6, 6.07) is 11.5. The van der Waals surface area contributed by atoms with Gasteiger partial charge in [-0.1, -0.05) is 18.2 Å². The maximum Gasteiger partial charge on any atom is 0.341 e. The van der Waals surface area contributed by atoms with Crippen LogP contribution in [-0.2, 0) is 22.6 Å². The molecule has 8 nitrogen and oxygen atoms in total. The van der Waals surface area contributed by atoms with Crippen molar-refractivity contribution in [1.82, 2.24) is 10.6 Å². The number of benzene rings is 2. The lowest BCUT2D eigenvalue weighted by Crippen LogP contribution is -2.36. The summed E-state index contributed by atoms with van der Waals surface area (Å²) in [7, 11) is 6.21. The Morgan fingerprint density at radius 2 is 1.72 bits per heavy atom. The molecule has 2 N–H and O–H groups in total. The number of nitrogens with one attached hydrogen (secondary N) is 2. The van der Waals surface area contributed by atoms with Crippen molar-refractivity contribution in [2.75, 3.05) is 41.6 Å². The van der Waals surface area contributed by atoms with Gasteiger partial charge in [0.25, 0.3) is 0 Å². The van der Waals surface area contributed by atoms with Crippen LogP contribution in [0.3, 0.4) is 0 Å². The summed E-state index contributed by atoms with van der Waals surface area (Å²) < 4.78 is 21.0. The molecule has 0 amide bonds. The molecule has 0 aliphatic carbocycles. The molecular formula is C23H32IN3O5. The second-order valence-corrected chi connectivity index (χ2v) is 6.76. The first-order valence-corrected chi connectivity index (χ1v) is 9.93. The van der Waals surface area contributed by atoms with Gasteiger partial charge in [0.1, 0.15) is 23.7 Å². The zero-order valence-electron chi connectivity index (χ0n) is 19.2. The number of ether oxygens (including phenoxy) is 4. The number of carbonyl (C=O) groups excluding carboxylic acids is 1. The minimum Gasteiger partial charge on any atom is -0.496 e. The molecule has 0 atom stereocenters. The van der Waals surface area contributed by atoms with Gasteiger partial charge in [0.2, 0.25) is 0 Å². The first kappa shape index (κ1) is 27.5. The van der Waals surface area contributed by atoms with Crippen LogP contribution in [0.4, 0.5) is 0 Å². The summed E-state index contributed by atoms with van der Waals surface area (Å²) in [6.45, 7) is 4.05. The monoisotopic (exact) mass is 557 g/mol. The van der Waals surface area contributed by atoms with E-state index in [0.717, 1.165) is 22.4 Å². The minimum absolute atomic E-state index is 0. The molecule has 0 bridgehead atoms. The van der Waals surface area contributed by atoms with Crippen LogP contribution in [0.25, 0.3) is 0 Å². The largest absolute Gasteiger partial charge is 0.496 e. The Hall–Kier alpha value is -2.53. The number of aryl methyl sites for hydroxylation is 1. The summed E-state index contributed by atoms with van der Waals surface area (Å²) in [6.07, 6.45) is 0. The molecule has 2 aromatic carbocycles. The number of hydrogen-bond donors (Lipinski definition) is 2. The van der Waals surface area contributed by atoms with Crippen molar-refractivity contribution < 1.29 is 23.7 Å². The third-order valence-corrected chi connectivity index (χ3v) is 4.57. The lowest BCUT2D eigenvalue weighted by atomic mass is 10.1.